The molecule has 2 aromatic rings. The zero-order valence-electron chi connectivity index (χ0n) is 14.4. The Kier molecular flexibility index (Phi) is 4.40. The van der Waals surface area contributed by atoms with Crippen LogP contribution in [0.3, 0.4) is 0 Å². The van der Waals surface area contributed by atoms with Gasteiger partial charge in [-0.05, 0) is 49.4 Å². The summed E-state index contributed by atoms with van der Waals surface area (Å²) in [4.78, 5) is 2.25. The molecule has 0 amide bonds. The Morgan fingerprint density at radius 1 is 1.04 bits per heavy atom. The molecule has 0 bridgehead atoms. The summed E-state index contributed by atoms with van der Waals surface area (Å²) < 4.78 is 28.9. The average molecular weight is 344 g/mol. The Hall–Kier alpha value is -1.85. The highest BCUT2D eigenvalue weighted by molar-refractivity contribution is 7.89. The maximum Gasteiger partial charge on any atom is 0.241 e. The van der Waals surface area contributed by atoms with E-state index in [0.717, 1.165) is 36.1 Å². The van der Waals surface area contributed by atoms with Crippen LogP contribution in [0.5, 0.6) is 0 Å². The van der Waals surface area contributed by atoms with Crippen LogP contribution in [-0.4, -0.2) is 22.5 Å². The van der Waals surface area contributed by atoms with Crippen LogP contribution in [0, 0.1) is 6.92 Å². The van der Waals surface area contributed by atoms with Gasteiger partial charge in [-0.3, -0.25) is 0 Å². The molecule has 0 unspecified atom stereocenters. The van der Waals surface area contributed by atoms with Crippen molar-refractivity contribution in [3.8, 4) is 0 Å². The fraction of sp³-hybridized carbons (Fsp3) is 0.368. The molecule has 2 aromatic carbocycles. The molecule has 0 aromatic heterocycles. The van der Waals surface area contributed by atoms with Gasteiger partial charge in [0.05, 0.1) is 10.4 Å². The first-order valence-electron chi connectivity index (χ1n) is 8.22. The summed E-state index contributed by atoms with van der Waals surface area (Å²) >= 11 is 0. The van der Waals surface area contributed by atoms with Crippen molar-refractivity contribution in [2.24, 2.45) is 0 Å². The Labute approximate surface area is 144 Å². The number of benzene rings is 2. The molecule has 1 saturated carbocycles. The minimum absolute atomic E-state index is 0.319. The first-order chi connectivity index (χ1) is 11.3. The Balaban J connectivity index is 1.95. The third-order valence-electron chi connectivity index (χ3n) is 4.84. The SMILES string of the molecule is Cc1ccc(S(=O)(=O)NC2(c3ccccc3)CCC2)cc1N(C)C. The zero-order chi connectivity index (χ0) is 17.4. The number of nitrogens with zero attached hydrogens (tertiary/aromatic N) is 1. The highest BCUT2D eigenvalue weighted by atomic mass is 32.2. The van der Waals surface area contributed by atoms with Gasteiger partial charge in [0.25, 0.3) is 0 Å². The minimum atomic E-state index is -3.58. The summed E-state index contributed by atoms with van der Waals surface area (Å²) in [5.74, 6) is 0. The summed E-state index contributed by atoms with van der Waals surface area (Å²) in [7, 11) is 0.264. The molecule has 0 heterocycles. The Morgan fingerprint density at radius 2 is 1.71 bits per heavy atom. The lowest BCUT2D eigenvalue weighted by atomic mass is 9.73. The van der Waals surface area contributed by atoms with E-state index in [2.05, 4.69) is 4.72 Å². The van der Waals surface area contributed by atoms with E-state index < -0.39 is 15.6 Å². The highest BCUT2D eigenvalue weighted by Crippen LogP contribution is 2.42. The fourth-order valence-corrected chi connectivity index (χ4v) is 4.76. The molecular formula is C19H24N2O2S. The molecule has 1 N–H and O–H groups in total. The van der Waals surface area contributed by atoms with Crippen molar-refractivity contribution < 1.29 is 8.42 Å². The van der Waals surface area contributed by atoms with Crippen LogP contribution in [0.1, 0.15) is 30.4 Å². The third-order valence-corrected chi connectivity index (χ3v) is 6.37. The van der Waals surface area contributed by atoms with Crippen molar-refractivity contribution in [3.05, 3.63) is 59.7 Å². The van der Waals surface area contributed by atoms with Gasteiger partial charge in [-0.1, -0.05) is 36.4 Å². The standard InChI is InChI=1S/C19H24N2O2S/c1-15-10-11-17(14-18(15)21(2)3)24(22,23)20-19(12-7-13-19)16-8-5-4-6-9-16/h4-6,8-11,14,20H,7,12-13H2,1-3H3. The normalized spacial score (nSPS) is 16.5. The van der Waals surface area contributed by atoms with Crippen LogP contribution < -0.4 is 9.62 Å². The monoisotopic (exact) mass is 344 g/mol. The van der Waals surface area contributed by atoms with E-state index in [1.54, 1.807) is 12.1 Å². The summed E-state index contributed by atoms with van der Waals surface area (Å²) in [5, 5.41) is 0. The van der Waals surface area contributed by atoms with Crippen molar-refractivity contribution in [3.63, 3.8) is 0 Å². The molecule has 0 atom stereocenters. The maximum absolute atomic E-state index is 13.0. The van der Waals surface area contributed by atoms with E-state index in [1.165, 1.54) is 0 Å². The van der Waals surface area contributed by atoms with Gasteiger partial charge in [0.15, 0.2) is 0 Å². The summed E-state index contributed by atoms with van der Waals surface area (Å²) in [5.41, 5.74) is 2.55. The molecule has 5 heteroatoms. The van der Waals surface area contributed by atoms with Crippen molar-refractivity contribution in [2.45, 2.75) is 36.6 Å². The number of nitrogens with one attached hydrogen (secondary N) is 1. The summed E-state index contributed by atoms with van der Waals surface area (Å²) in [6, 6.07) is 15.2. The van der Waals surface area contributed by atoms with Crippen LogP contribution in [0.15, 0.2) is 53.4 Å². The van der Waals surface area contributed by atoms with E-state index in [0.29, 0.717) is 4.90 Å². The summed E-state index contributed by atoms with van der Waals surface area (Å²) in [6.45, 7) is 1.98. The van der Waals surface area contributed by atoms with Gasteiger partial charge < -0.3 is 4.90 Å². The second kappa shape index (κ2) is 6.22. The smallest absolute Gasteiger partial charge is 0.241 e. The van der Waals surface area contributed by atoms with Crippen LogP contribution in [-0.2, 0) is 15.6 Å². The first-order valence-corrected chi connectivity index (χ1v) is 9.70. The topological polar surface area (TPSA) is 49.4 Å². The van der Waals surface area contributed by atoms with Gasteiger partial charge in [0, 0.05) is 19.8 Å². The minimum Gasteiger partial charge on any atom is -0.377 e. The van der Waals surface area contributed by atoms with Gasteiger partial charge in [-0.2, -0.15) is 0 Å². The molecule has 1 fully saturated rings. The fourth-order valence-electron chi connectivity index (χ4n) is 3.29. The first kappa shape index (κ1) is 17.0. The van der Waals surface area contributed by atoms with Crippen molar-refractivity contribution >= 4 is 15.7 Å². The average Bonchev–Trinajstić information content (AvgIpc) is 2.52. The maximum atomic E-state index is 13.0. The van der Waals surface area contributed by atoms with Gasteiger partial charge in [0.2, 0.25) is 10.0 Å². The number of rotatable bonds is 5. The molecule has 0 spiro atoms. The van der Waals surface area contributed by atoms with Crippen molar-refractivity contribution in [1.82, 2.24) is 4.72 Å². The second-order valence-corrected chi connectivity index (χ2v) is 8.43. The second-order valence-electron chi connectivity index (χ2n) is 6.75. The molecule has 0 saturated heterocycles. The predicted octanol–water partition coefficient (Wildman–Crippen LogP) is 3.42. The van der Waals surface area contributed by atoms with Crippen LogP contribution >= 0.6 is 0 Å². The third kappa shape index (κ3) is 3.06. The van der Waals surface area contributed by atoms with E-state index in [-0.39, 0.29) is 0 Å². The Morgan fingerprint density at radius 3 is 2.25 bits per heavy atom. The number of hydrogen-bond acceptors (Lipinski definition) is 3. The summed E-state index contributed by atoms with van der Waals surface area (Å²) in [6.07, 6.45) is 2.71. The van der Waals surface area contributed by atoms with Crippen LogP contribution in [0.25, 0.3) is 0 Å². The van der Waals surface area contributed by atoms with Gasteiger partial charge in [-0.25, -0.2) is 13.1 Å². The molecule has 128 valence electrons. The molecule has 3 rings (SSSR count). The van der Waals surface area contributed by atoms with Gasteiger partial charge in [-0.15, -0.1) is 0 Å². The van der Waals surface area contributed by atoms with Crippen molar-refractivity contribution in [1.29, 1.82) is 0 Å². The van der Waals surface area contributed by atoms with Crippen LogP contribution in [0.2, 0.25) is 0 Å². The number of hydrogen-bond donors (Lipinski definition) is 1. The zero-order valence-corrected chi connectivity index (χ0v) is 15.2. The number of sulfonamides is 1. The van der Waals surface area contributed by atoms with E-state index in [9.17, 15) is 8.42 Å². The predicted molar refractivity (Wildman–Crippen MR) is 97.8 cm³/mol. The lowest BCUT2D eigenvalue weighted by Crippen LogP contribution is -2.50. The quantitative estimate of drug-likeness (QED) is 0.904. The van der Waals surface area contributed by atoms with E-state index >= 15 is 0 Å². The number of anilines is 1. The van der Waals surface area contributed by atoms with Crippen molar-refractivity contribution in [2.75, 3.05) is 19.0 Å². The van der Waals surface area contributed by atoms with E-state index in [4.69, 9.17) is 0 Å². The lowest BCUT2D eigenvalue weighted by Gasteiger charge is -2.42. The molecule has 24 heavy (non-hydrogen) atoms. The van der Waals surface area contributed by atoms with Crippen LogP contribution in [0.4, 0.5) is 5.69 Å². The molecule has 4 nitrogen and oxygen atoms in total. The number of aryl methyl sites for hydroxylation is 1. The molecular weight excluding hydrogens is 320 g/mol. The lowest BCUT2D eigenvalue weighted by molar-refractivity contribution is 0.224. The molecule has 1 aliphatic carbocycles. The van der Waals surface area contributed by atoms with Gasteiger partial charge in [0.1, 0.15) is 0 Å². The largest absolute Gasteiger partial charge is 0.377 e. The van der Waals surface area contributed by atoms with Gasteiger partial charge >= 0.3 is 0 Å². The molecule has 0 aliphatic heterocycles. The van der Waals surface area contributed by atoms with E-state index in [1.807, 2.05) is 62.3 Å². The highest BCUT2D eigenvalue weighted by Gasteiger charge is 2.42. The Bertz CT molecular complexity index is 826. The molecule has 1 aliphatic rings. The molecule has 0 radical (unpaired) electrons.